The van der Waals surface area contributed by atoms with Crippen molar-refractivity contribution in [2.45, 2.75) is 31.7 Å². The van der Waals surface area contributed by atoms with Gasteiger partial charge in [0, 0.05) is 55.6 Å². The first-order valence-corrected chi connectivity index (χ1v) is 14.3. The maximum atomic E-state index is 13.2. The summed E-state index contributed by atoms with van der Waals surface area (Å²) >= 11 is 2.49. The predicted octanol–water partition coefficient (Wildman–Crippen LogP) is 9.08. The van der Waals surface area contributed by atoms with Gasteiger partial charge in [-0.05, 0) is 29.8 Å². The molecule has 2 aromatic carbocycles. The van der Waals surface area contributed by atoms with Crippen molar-refractivity contribution in [2.24, 2.45) is 0 Å². The van der Waals surface area contributed by atoms with Gasteiger partial charge in [-0.3, -0.25) is 0 Å². The van der Waals surface area contributed by atoms with E-state index in [-0.39, 0.29) is 29.8 Å². The molecule has 0 aliphatic heterocycles. The molecule has 248 valence electrons. The van der Waals surface area contributed by atoms with Crippen LogP contribution in [0.25, 0.3) is 12.2 Å². The first-order chi connectivity index (χ1) is 19.5. The highest BCUT2D eigenvalue weighted by Gasteiger charge is 2.59. The van der Waals surface area contributed by atoms with Crippen molar-refractivity contribution in [1.29, 1.82) is 0 Å². The Balaban J connectivity index is 0.000000470. The molecule has 0 atom stereocenters. The van der Waals surface area contributed by atoms with E-state index in [0.29, 0.717) is 18.2 Å². The van der Waals surface area contributed by atoms with Crippen LogP contribution >= 0.6 is 31.9 Å². The fourth-order valence-electron chi connectivity index (χ4n) is 2.47. The number of hydrogen-bond donors (Lipinski definition) is 0. The highest BCUT2D eigenvalue weighted by atomic mass is 79.9. The molecule has 0 N–H and O–H groups in total. The highest BCUT2D eigenvalue weighted by Crippen LogP contribution is 2.45. The Morgan fingerprint density at radius 1 is 0.636 bits per heavy atom. The van der Waals surface area contributed by atoms with Crippen molar-refractivity contribution in [3.05, 3.63) is 59.7 Å². The Morgan fingerprint density at radius 3 is 1.48 bits per heavy atom. The second-order valence-electron chi connectivity index (χ2n) is 7.38. The SMILES string of the molecule is O=S(=O)(F)c1ccc(C=C(F)F)cc1C=C(F)F.O=S(=O)(F)c1ccc(OC(F)(F)C(F)(F)Br)cc1OC(F)(F)C(F)(F)Br. The fourth-order valence-corrected chi connectivity index (χ4v) is 3.83. The molecule has 0 aromatic heterocycles. The lowest BCUT2D eigenvalue weighted by atomic mass is 10.1. The van der Waals surface area contributed by atoms with Gasteiger partial charge < -0.3 is 9.47 Å². The monoisotopic (exact) mass is 832 g/mol. The second-order valence-corrected chi connectivity index (χ2v) is 12.0. The summed E-state index contributed by atoms with van der Waals surface area (Å²) in [5.41, 5.74) is -0.928. The minimum atomic E-state index is -5.86. The maximum Gasteiger partial charge on any atom is 0.475 e. The van der Waals surface area contributed by atoms with Crippen molar-refractivity contribution in [2.75, 3.05) is 0 Å². The summed E-state index contributed by atoms with van der Waals surface area (Å²) < 4.78 is 227. The van der Waals surface area contributed by atoms with Crippen molar-refractivity contribution in [3.63, 3.8) is 0 Å². The molecule has 0 unspecified atom stereocenters. The zero-order chi connectivity index (χ0) is 34.7. The molecule has 2 aromatic rings. The van der Waals surface area contributed by atoms with Gasteiger partial charge in [0.15, 0.2) is 5.75 Å². The Kier molecular flexibility index (Phi) is 12.4. The van der Waals surface area contributed by atoms with Gasteiger partial charge in [-0.15, -0.1) is 7.77 Å². The van der Waals surface area contributed by atoms with Crippen LogP contribution in [0.2, 0.25) is 0 Å². The third-order valence-corrected chi connectivity index (χ3v) is 6.84. The number of rotatable bonds is 10. The van der Waals surface area contributed by atoms with Crippen LogP contribution in [0.5, 0.6) is 11.5 Å². The summed E-state index contributed by atoms with van der Waals surface area (Å²) in [5.74, 6) is -3.33. The third-order valence-electron chi connectivity index (χ3n) is 4.16. The molecule has 0 saturated carbocycles. The van der Waals surface area contributed by atoms with Crippen LogP contribution in [-0.4, -0.2) is 38.7 Å². The Labute approximate surface area is 253 Å². The van der Waals surface area contributed by atoms with E-state index in [4.69, 9.17) is 0 Å². The van der Waals surface area contributed by atoms with E-state index in [1.807, 2.05) is 0 Å². The van der Waals surface area contributed by atoms with Crippen molar-refractivity contribution in [1.82, 2.24) is 0 Å². The maximum absolute atomic E-state index is 13.2. The van der Waals surface area contributed by atoms with E-state index in [0.717, 1.165) is 6.07 Å². The van der Waals surface area contributed by atoms with Crippen LogP contribution in [0.1, 0.15) is 11.1 Å². The average molecular weight is 834 g/mol. The van der Waals surface area contributed by atoms with Crippen LogP contribution < -0.4 is 9.47 Å². The van der Waals surface area contributed by atoms with E-state index in [9.17, 15) is 77.3 Å². The lowest BCUT2D eigenvalue weighted by Crippen LogP contribution is -2.41. The second kappa shape index (κ2) is 13.8. The number of alkyl halides is 10. The molecular weight excluding hydrogens is 826 g/mol. The van der Waals surface area contributed by atoms with E-state index >= 15 is 0 Å². The Morgan fingerprint density at radius 2 is 1.07 bits per heavy atom. The minimum absolute atomic E-state index is 0.00487. The molecule has 0 heterocycles. The van der Waals surface area contributed by atoms with Crippen LogP contribution in [0.15, 0.2) is 58.4 Å². The first-order valence-electron chi connectivity index (χ1n) is 9.98. The summed E-state index contributed by atoms with van der Waals surface area (Å²) in [7, 11) is -11.1. The van der Waals surface area contributed by atoms with Gasteiger partial charge in [-0.25, -0.2) is 0 Å². The summed E-state index contributed by atoms with van der Waals surface area (Å²) in [5, 5.41) is 0. The number of ether oxygens (including phenoxy) is 2. The van der Waals surface area contributed by atoms with Crippen LogP contribution in [0, 0.1) is 0 Å². The summed E-state index contributed by atoms with van der Waals surface area (Å²) in [6.45, 7) is 0. The first kappa shape index (κ1) is 39.4. The molecular formula is C20H8Br2F14O6S2. The normalized spacial score (nSPS) is 12.9. The molecule has 0 saturated heterocycles. The molecule has 0 aliphatic rings. The summed E-state index contributed by atoms with van der Waals surface area (Å²) in [6, 6.07) is 2.19. The van der Waals surface area contributed by atoms with Crippen LogP contribution in [0.3, 0.4) is 0 Å². The van der Waals surface area contributed by atoms with Gasteiger partial charge in [0.1, 0.15) is 15.5 Å². The van der Waals surface area contributed by atoms with E-state index in [2.05, 4.69) is 9.47 Å². The summed E-state index contributed by atoms with van der Waals surface area (Å²) in [6.07, 6.45) is -14.7. The van der Waals surface area contributed by atoms with Gasteiger partial charge in [0.25, 0.3) is 12.2 Å². The van der Waals surface area contributed by atoms with Gasteiger partial charge in [-0.2, -0.15) is 69.5 Å². The zero-order valence-corrected chi connectivity index (χ0v) is 24.7. The third kappa shape index (κ3) is 11.4. The molecule has 0 bridgehead atoms. The summed E-state index contributed by atoms with van der Waals surface area (Å²) in [4.78, 5) is -12.8. The van der Waals surface area contributed by atoms with Crippen molar-refractivity contribution >= 4 is 64.5 Å². The molecule has 0 radical (unpaired) electrons. The van der Waals surface area contributed by atoms with Gasteiger partial charge in [0.2, 0.25) is 0 Å². The average Bonchev–Trinajstić information content (AvgIpc) is 2.75. The van der Waals surface area contributed by atoms with Crippen LogP contribution in [-0.2, 0) is 20.4 Å². The predicted molar refractivity (Wildman–Crippen MR) is 129 cm³/mol. The zero-order valence-electron chi connectivity index (χ0n) is 19.9. The van der Waals surface area contributed by atoms with E-state index in [1.54, 1.807) is 0 Å². The Hall–Kier alpha value is -2.60. The smallest absolute Gasteiger partial charge is 0.427 e. The Bertz CT molecular complexity index is 1630. The minimum Gasteiger partial charge on any atom is -0.427 e. The van der Waals surface area contributed by atoms with Gasteiger partial charge >= 0.3 is 42.3 Å². The van der Waals surface area contributed by atoms with E-state index < -0.39 is 81.3 Å². The molecule has 0 fully saturated rings. The topological polar surface area (TPSA) is 86.7 Å². The van der Waals surface area contributed by atoms with Crippen molar-refractivity contribution in [3.8, 4) is 11.5 Å². The van der Waals surface area contributed by atoms with Crippen molar-refractivity contribution < 1.29 is 86.8 Å². The lowest BCUT2D eigenvalue weighted by Gasteiger charge is -2.24. The largest absolute Gasteiger partial charge is 0.475 e. The number of hydrogen-bond acceptors (Lipinski definition) is 6. The van der Waals surface area contributed by atoms with Gasteiger partial charge in [-0.1, -0.05) is 6.07 Å². The molecule has 0 spiro atoms. The molecule has 44 heavy (non-hydrogen) atoms. The highest BCUT2D eigenvalue weighted by molar-refractivity contribution is 9.10. The van der Waals surface area contributed by atoms with Crippen LogP contribution in [0.4, 0.5) is 60.5 Å². The lowest BCUT2D eigenvalue weighted by molar-refractivity contribution is -0.269. The molecule has 0 amide bonds. The molecule has 24 heteroatoms. The molecule has 6 nitrogen and oxygen atoms in total. The molecule has 2 rings (SSSR count). The standard InChI is InChI=1S/C10H3Br2F9O4S.C10H5F5O2S/c11-7(13,14)9(17,18)24-4-1-2-6(26(21,22)23)5(3-4)25-10(19,20)8(12,15)16;11-9(12)4-6-1-2-8(18(15,16)17)7(3-6)5-10(13)14/h1-3H;1-5H. The van der Waals surface area contributed by atoms with Gasteiger partial charge in [0.05, 0.1) is 0 Å². The van der Waals surface area contributed by atoms with E-state index in [1.165, 1.54) is 31.9 Å². The fraction of sp³-hybridized carbons (Fsp3) is 0.200. The number of halogens is 16. The number of benzene rings is 2. The molecule has 0 aliphatic carbocycles. The quantitative estimate of drug-likeness (QED) is 0.135.